The molecule has 2 atom stereocenters. The third kappa shape index (κ3) is 48.1. The summed E-state index contributed by atoms with van der Waals surface area (Å²) in [5, 5.41) is 0. The standard InChI is InChI=1S/C51H100NO8P/c1-6-8-10-12-14-16-18-20-22-23-24-25-26-27-28-30-31-33-35-37-39-41-43-50(53)57-47-49(48-59-61(55,56)58-46-45-52(3,4)5)60-51(54)44-42-40-38-36-34-32-29-21-19-17-15-13-11-9-7-2/h13,15,49H,6-12,14,16-48H2,1-5H3/p+1/b15-13+/t49-/m1/s1. The van der Waals surface area contributed by atoms with Crippen LogP contribution in [0, 0.1) is 0 Å². The lowest BCUT2D eigenvalue weighted by molar-refractivity contribution is -0.870. The van der Waals surface area contributed by atoms with Crippen molar-refractivity contribution >= 4 is 19.8 Å². The SMILES string of the molecule is CCCC/C=C/CCCCCCCCCCCC(=O)O[C@H](COC(=O)CCCCCCCCCCCCCCCCCCCCCCCC)COP(=O)(O)OCC[N+](C)(C)C. The number of esters is 2. The first kappa shape index (κ1) is 59.8. The molecular formula is C51H101NO8P+. The second-order valence-electron chi connectivity index (χ2n) is 18.9. The number of carbonyl (C=O) groups is 2. The minimum absolute atomic E-state index is 0.0348. The predicted octanol–water partition coefficient (Wildman–Crippen LogP) is 15.3. The van der Waals surface area contributed by atoms with Gasteiger partial charge in [-0.2, -0.15) is 0 Å². The molecule has 0 aliphatic heterocycles. The van der Waals surface area contributed by atoms with E-state index in [0.717, 1.165) is 38.5 Å². The zero-order chi connectivity index (χ0) is 45.0. The molecule has 10 heteroatoms. The summed E-state index contributed by atoms with van der Waals surface area (Å²) < 4.78 is 34.5. The Morgan fingerprint density at radius 1 is 0.492 bits per heavy atom. The van der Waals surface area contributed by atoms with E-state index in [1.165, 1.54) is 180 Å². The summed E-state index contributed by atoms with van der Waals surface area (Å²) in [7, 11) is 1.49. The van der Waals surface area contributed by atoms with Gasteiger partial charge in [0, 0.05) is 12.8 Å². The molecule has 0 saturated heterocycles. The minimum Gasteiger partial charge on any atom is -0.462 e. The Morgan fingerprint density at radius 2 is 0.852 bits per heavy atom. The normalized spacial score (nSPS) is 13.5. The highest BCUT2D eigenvalue weighted by atomic mass is 31.2. The average Bonchev–Trinajstić information content (AvgIpc) is 3.21. The van der Waals surface area contributed by atoms with Crippen LogP contribution in [-0.4, -0.2) is 74.9 Å². The molecule has 0 amide bonds. The molecule has 0 bridgehead atoms. The van der Waals surface area contributed by atoms with E-state index in [2.05, 4.69) is 26.0 Å². The number of quaternary nitrogens is 1. The summed E-state index contributed by atoms with van der Waals surface area (Å²) in [6, 6.07) is 0. The van der Waals surface area contributed by atoms with Crippen molar-refractivity contribution in [3.05, 3.63) is 12.2 Å². The van der Waals surface area contributed by atoms with E-state index in [1.807, 2.05) is 21.1 Å². The van der Waals surface area contributed by atoms with Gasteiger partial charge in [-0.1, -0.05) is 219 Å². The van der Waals surface area contributed by atoms with Crippen LogP contribution in [0.15, 0.2) is 12.2 Å². The largest absolute Gasteiger partial charge is 0.472 e. The molecule has 362 valence electrons. The van der Waals surface area contributed by atoms with Crippen LogP contribution >= 0.6 is 7.82 Å². The highest BCUT2D eigenvalue weighted by Gasteiger charge is 2.27. The van der Waals surface area contributed by atoms with E-state index in [9.17, 15) is 19.0 Å². The van der Waals surface area contributed by atoms with E-state index in [0.29, 0.717) is 23.9 Å². The molecule has 0 aromatic carbocycles. The predicted molar refractivity (Wildman–Crippen MR) is 257 cm³/mol. The van der Waals surface area contributed by atoms with Crippen molar-refractivity contribution in [3.63, 3.8) is 0 Å². The number of nitrogens with zero attached hydrogens (tertiary/aromatic N) is 1. The maximum Gasteiger partial charge on any atom is 0.472 e. The number of unbranched alkanes of at least 4 members (excludes halogenated alkanes) is 32. The lowest BCUT2D eigenvalue weighted by Gasteiger charge is -2.24. The van der Waals surface area contributed by atoms with Crippen LogP contribution < -0.4 is 0 Å². The molecule has 1 N–H and O–H groups in total. The number of phosphoric acid groups is 1. The summed E-state index contributed by atoms with van der Waals surface area (Å²) in [6.07, 6.45) is 48.4. The molecule has 9 nitrogen and oxygen atoms in total. The molecule has 0 aliphatic rings. The maximum absolute atomic E-state index is 12.7. The van der Waals surface area contributed by atoms with Gasteiger partial charge in [0.2, 0.25) is 0 Å². The fraction of sp³-hybridized carbons (Fsp3) is 0.922. The van der Waals surface area contributed by atoms with Crippen LogP contribution in [0.4, 0.5) is 0 Å². The lowest BCUT2D eigenvalue weighted by atomic mass is 10.0. The zero-order valence-corrected chi connectivity index (χ0v) is 41.8. The van der Waals surface area contributed by atoms with Gasteiger partial charge in [-0.15, -0.1) is 0 Å². The van der Waals surface area contributed by atoms with Crippen molar-refractivity contribution in [1.29, 1.82) is 0 Å². The summed E-state index contributed by atoms with van der Waals surface area (Å²) in [5.74, 6) is -0.786. The third-order valence-electron chi connectivity index (χ3n) is 11.5. The summed E-state index contributed by atoms with van der Waals surface area (Å²) >= 11 is 0. The van der Waals surface area contributed by atoms with E-state index in [4.69, 9.17) is 18.5 Å². The third-order valence-corrected chi connectivity index (χ3v) is 12.5. The van der Waals surface area contributed by atoms with Crippen LogP contribution in [0.3, 0.4) is 0 Å². The number of carbonyl (C=O) groups excluding carboxylic acids is 2. The van der Waals surface area contributed by atoms with Crippen molar-refractivity contribution in [2.45, 2.75) is 258 Å². The number of likely N-dealkylation sites (N-methyl/N-ethyl adjacent to an activating group) is 1. The van der Waals surface area contributed by atoms with E-state index in [-0.39, 0.29) is 25.6 Å². The van der Waals surface area contributed by atoms with Crippen molar-refractivity contribution < 1.29 is 42.1 Å². The number of phosphoric ester groups is 1. The van der Waals surface area contributed by atoms with Gasteiger partial charge in [0.1, 0.15) is 19.8 Å². The number of allylic oxidation sites excluding steroid dienone is 2. The molecule has 1 unspecified atom stereocenters. The Balaban J connectivity index is 4.16. The van der Waals surface area contributed by atoms with Crippen LogP contribution in [0.5, 0.6) is 0 Å². The highest BCUT2D eigenvalue weighted by Crippen LogP contribution is 2.43. The van der Waals surface area contributed by atoms with Gasteiger partial charge in [0.05, 0.1) is 27.7 Å². The van der Waals surface area contributed by atoms with E-state index < -0.39 is 26.5 Å². The van der Waals surface area contributed by atoms with Crippen molar-refractivity contribution in [3.8, 4) is 0 Å². The molecule has 0 saturated carbocycles. The topological polar surface area (TPSA) is 108 Å². The van der Waals surface area contributed by atoms with Crippen LogP contribution in [0.1, 0.15) is 251 Å². The molecule has 0 spiro atoms. The molecule has 61 heavy (non-hydrogen) atoms. The first-order valence-electron chi connectivity index (χ1n) is 25.9. The monoisotopic (exact) mass is 887 g/mol. The van der Waals surface area contributed by atoms with Gasteiger partial charge in [0.25, 0.3) is 0 Å². The van der Waals surface area contributed by atoms with Crippen LogP contribution in [0.2, 0.25) is 0 Å². The average molecular weight is 887 g/mol. The Bertz CT molecular complexity index is 1050. The second kappa shape index (κ2) is 44.0. The molecule has 0 rings (SSSR count). The number of hydrogen-bond donors (Lipinski definition) is 1. The van der Waals surface area contributed by atoms with E-state index >= 15 is 0 Å². The van der Waals surface area contributed by atoms with Crippen molar-refractivity contribution in [2.24, 2.45) is 0 Å². The molecule has 0 aromatic heterocycles. The first-order chi connectivity index (χ1) is 29.5. The molecule has 0 aromatic rings. The fourth-order valence-electron chi connectivity index (χ4n) is 7.47. The van der Waals surface area contributed by atoms with Crippen molar-refractivity contribution in [1.82, 2.24) is 0 Å². The maximum atomic E-state index is 12.7. The number of ether oxygens (including phenoxy) is 2. The quantitative estimate of drug-likeness (QED) is 0.0212. The molecule has 0 heterocycles. The van der Waals surface area contributed by atoms with Gasteiger partial charge < -0.3 is 18.9 Å². The molecule has 0 radical (unpaired) electrons. The Labute approximate surface area is 377 Å². The van der Waals surface area contributed by atoms with Gasteiger partial charge in [-0.25, -0.2) is 4.57 Å². The van der Waals surface area contributed by atoms with Gasteiger partial charge >= 0.3 is 19.8 Å². The smallest absolute Gasteiger partial charge is 0.462 e. The summed E-state index contributed by atoms with van der Waals surface area (Å²) in [5.41, 5.74) is 0. The van der Waals surface area contributed by atoms with E-state index in [1.54, 1.807) is 0 Å². The van der Waals surface area contributed by atoms with Crippen LogP contribution in [0.25, 0.3) is 0 Å². The van der Waals surface area contributed by atoms with Gasteiger partial charge in [-0.3, -0.25) is 18.6 Å². The Morgan fingerprint density at radius 3 is 1.26 bits per heavy atom. The lowest BCUT2D eigenvalue weighted by Crippen LogP contribution is -2.37. The Hall–Kier alpha value is -1.25. The number of rotatable bonds is 48. The minimum atomic E-state index is -4.37. The Kier molecular flexibility index (Phi) is 43.1. The molecular weight excluding hydrogens is 786 g/mol. The molecule has 0 aliphatic carbocycles. The summed E-state index contributed by atoms with van der Waals surface area (Å²) in [4.78, 5) is 35.5. The number of hydrogen-bond acceptors (Lipinski definition) is 7. The van der Waals surface area contributed by atoms with Gasteiger partial charge in [-0.05, 0) is 32.1 Å². The van der Waals surface area contributed by atoms with Gasteiger partial charge in [0.15, 0.2) is 6.10 Å². The summed E-state index contributed by atoms with van der Waals surface area (Å²) in [6.45, 7) is 4.44. The fourth-order valence-corrected chi connectivity index (χ4v) is 8.21. The zero-order valence-electron chi connectivity index (χ0n) is 40.9. The van der Waals surface area contributed by atoms with Crippen molar-refractivity contribution in [2.75, 3.05) is 47.5 Å². The first-order valence-corrected chi connectivity index (χ1v) is 27.4. The highest BCUT2D eigenvalue weighted by molar-refractivity contribution is 7.47. The molecule has 0 fully saturated rings. The second-order valence-corrected chi connectivity index (χ2v) is 20.4. The van der Waals surface area contributed by atoms with Crippen LogP contribution in [-0.2, 0) is 32.7 Å².